The highest BCUT2D eigenvalue weighted by molar-refractivity contribution is 5.98. The van der Waals surface area contributed by atoms with Gasteiger partial charge in [0.1, 0.15) is 5.60 Å². The van der Waals surface area contributed by atoms with Gasteiger partial charge in [-0.3, -0.25) is 4.79 Å². The van der Waals surface area contributed by atoms with E-state index in [2.05, 4.69) is 20.8 Å². The average molecular weight is 385 g/mol. The molecule has 1 aromatic carbocycles. The molecule has 3 rings (SSSR count). The van der Waals surface area contributed by atoms with Crippen LogP contribution in [-0.4, -0.2) is 44.2 Å². The molecule has 2 unspecified atom stereocenters. The van der Waals surface area contributed by atoms with E-state index in [9.17, 15) is 9.59 Å². The van der Waals surface area contributed by atoms with E-state index in [4.69, 9.17) is 4.74 Å². The maximum atomic E-state index is 13.0. The minimum atomic E-state index is -0.576. The van der Waals surface area contributed by atoms with Gasteiger partial charge in [-0.2, -0.15) is 15.0 Å². The second kappa shape index (κ2) is 7.61. The van der Waals surface area contributed by atoms with Crippen LogP contribution in [0.5, 0.6) is 0 Å². The van der Waals surface area contributed by atoms with Crippen LogP contribution in [0.2, 0.25) is 0 Å². The Bertz CT molecular complexity index is 844. The van der Waals surface area contributed by atoms with Crippen LogP contribution < -0.4 is 10.6 Å². The van der Waals surface area contributed by atoms with E-state index in [1.807, 2.05) is 33.8 Å². The lowest BCUT2D eigenvalue weighted by atomic mass is 9.95. The number of nitrogens with one attached hydrogen (secondary N) is 2. The zero-order chi connectivity index (χ0) is 20.4. The molecule has 2 atom stereocenters. The Morgan fingerprint density at radius 3 is 2.57 bits per heavy atom. The maximum absolute atomic E-state index is 13.0. The Balaban J connectivity index is 1.74. The Kier molecular flexibility index (Phi) is 5.40. The van der Waals surface area contributed by atoms with Gasteiger partial charge in [-0.25, -0.2) is 4.79 Å². The molecule has 2 N–H and O–H groups in total. The highest BCUT2D eigenvalue weighted by atomic mass is 16.6. The van der Waals surface area contributed by atoms with Crippen LogP contribution in [0.4, 0.5) is 4.79 Å². The molecule has 0 bridgehead atoms. The first-order valence-electron chi connectivity index (χ1n) is 9.46. The first kappa shape index (κ1) is 19.9. The number of aromatic nitrogens is 3. The summed E-state index contributed by atoms with van der Waals surface area (Å²) >= 11 is 0. The third-order valence-corrected chi connectivity index (χ3v) is 4.83. The van der Waals surface area contributed by atoms with E-state index in [1.54, 1.807) is 30.6 Å². The zero-order valence-corrected chi connectivity index (χ0v) is 16.7. The van der Waals surface area contributed by atoms with Crippen molar-refractivity contribution >= 4 is 12.0 Å². The molecule has 28 heavy (non-hydrogen) atoms. The average Bonchev–Trinajstić information content (AvgIpc) is 3.24. The second-order valence-electron chi connectivity index (χ2n) is 8.30. The molecule has 1 aliphatic rings. The quantitative estimate of drug-likeness (QED) is 0.843. The van der Waals surface area contributed by atoms with Crippen molar-refractivity contribution < 1.29 is 14.3 Å². The molecule has 0 spiro atoms. The van der Waals surface area contributed by atoms with Gasteiger partial charge in [-0.15, -0.1) is 0 Å². The largest absolute Gasteiger partial charge is 0.444 e. The number of nitrogens with zero attached hydrogens (tertiary/aromatic N) is 3. The normalized spacial score (nSPS) is 21.9. The smallest absolute Gasteiger partial charge is 0.408 e. The molecule has 8 heteroatoms. The summed E-state index contributed by atoms with van der Waals surface area (Å²) in [5.74, 6) is -0.225. The van der Waals surface area contributed by atoms with E-state index >= 15 is 0 Å². The monoisotopic (exact) mass is 385 g/mol. The summed E-state index contributed by atoms with van der Waals surface area (Å²) in [6, 6.07) is 6.96. The molecule has 1 aromatic heterocycles. The summed E-state index contributed by atoms with van der Waals surface area (Å²) < 4.78 is 5.39. The van der Waals surface area contributed by atoms with E-state index in [0.717, 1.165) is 19.3 Å². The van der Waals surface area contributed by atoms with Crippen molar-refractivity contribution in [2.45, 2.75) is 64.1 Å². The van der Waals surface area contributed by atoms with Crippen LogP contribution in [0, 0.1) is 0 Å². The van der Waals surface area contributed by atoms with Crippen molar-refractivity contribution in [3.63, 3.8) is 0 Å². The molecule has 150 valence electrons. The highest BCUT2D eigenvalue weighted by Crippen LogP contribution is 2.30. The van der Waals surface area contributed by atoms with Gasteiger partial charge < -0.3 is 15.4 Å². The van der Waals surface area contributed by atoms with Gasteiger partial charge in [0.15, 0.2) is 0 Å². The number of carbonyl (C=O) groups excluding carboxylic acids is 2. The molecule has 1 aliphatic carbocycles. The molecular formula is C20H27N5O3. The van der Waals surface area contributed by atoms with Crippen molar-refractivity contribution in [2.75, 3.05) is 0 Å². The molecular weight excluding hydrogens is 358 g/mol. The minimum Gasteiger partial charge on any atom is -0.444 e. The number of hydrogen-bond donors (Lipinski definition) is 2. The Morgan fingerprint density at radius 1 is 1.21 bits per heavy atom. The van der Waals surface area contributed by atoms with Gasteiger partial charge in [0.25, 0.3) is 5.91 Å². The van der Waals surface area contributed by atoms with Gasteiger partial charge in [0.2, 0.25) is 0 Å². The van der Waals surface area contributed by atoms with Crippen molar-refractivity contribution in [3.05, 3.63) is 42.2 Å². The van der Waals surface area contributed by atoms with Crippen LogP contribution in [0.3, 0.4) is 0 Å². The predicted octanol–water partition coefficient (Wildman–Crippen LogP) is 2.83. The molecule has 1 saturated carbocycles. The molecule has 1 fully saturated rings. The van der Waals surface area contributed by atoms with Crippen molar-refractivity contribution in [3.8, 4) is 5.69 Å². The number of para-hydroxylation sites is 1. The van der Waals surface area contributed by atoms with Gasteiger partial charge >= 0.3 is 6.09 Å². The predicted molar refractivity (Wildman–Crippen MR) is 104 cm³/mol. The van der Waals surface area contributed by atoms with Crippen LogP contribution in [0.15, 0.2) is 36.7 Å². The fourth-order valence-corrected chi connectivity index (χ4v) is 3.50. The first-order valence-corrected chi connectivity index (χ1v) is 9.46. The van der Waals surface area contributed by atoms with Crippen molar-refractivity contribution in [1.29, 1.82) is 0 Å². The van der Waals surface area contributed by atoms with Crippen molar-refractivity contribution in [2.24, 2.45) is 0 Å². The highest BCUT2D eigenvalue weighted by Gasteiger charge is 2.42. The van der Waals surface area contributed by atoms with Crippen LogP contribution in [0.1, 0.15) is 57.3 Å². The van der Waals surface area contributed by atoms with Crippen LogP contribution >= 0.6 is 0 Å². The van der Waals surface area contributed by atoms with E-state index < -0.39 is 17.2 Å². The fraction of sp³-hybridized carbons (Fsp3) is 0.500. The first-order chi connectivity index (χ1) is 13.2. The van der Waals surface area contributed by atoms with Gasteiger partial charge in [-0.1, -0.05) is 12.1 Å². The summed E-state index contributed by atoms with van der Waals surface area (Å²) in [5.41, 5.74) is -0.0697. The summed E-state index contributed by atoms with van der Waals surface area (Å²) in [6.07, 6.45) is 5.10. The van der Waals surface area contributed by atoms with Crippen LogP contribution in [0.25, 0.3) is 5.69 Å². The Hall–Kier alpha value is -2.90. The number of ether oxygens (including phenoxy) is 1. The standard InChI is InChI=1S/C20H27N5O3/c1-19(2,3)28-18(27)24-20(4)11-7-10-16(20)23-17(26)14-8-5-6-9-15(14)25-21-12-13-22-25/h5-6,8-9,12-13,16H,7,10-11H2,1-4H3,(H,23,26)(H,24,27). The SMILES string of the molecule is CC(C)(C)OC(=O)NC1(C)CCCC1NC(=O)c1ccccc1-n1nccn1. The zero-order valence-electron chi connectivity index (χ0n) is 16.7. The van der Waals surface area contributed by atoms with Crippen LogP contribution in [-0.2, 0) is 4.74 Å². The molecule has 2 aromatic rings. The van der Waals surface area contributed by atoms with Gasteiger partial charge in [0.05, 0.1) is 35.2 Å². The number of benzene rings is 1. The Morgan fingerprint density at radius 2 is 1.89 bits per heavy atom. The molecule has 0 saturated heterocycles. The van der Waals surface area contributed by atoms with Gasteiger partial charge in [0, 0.05) is 0 Å². The summed E-state index contributed by atoms with van der Waals surface area (Å²) in [5, 5.41) is 14.3. The summed E-state index contributed by atoms with van der Waals surface area (Å²) in [7, 11) is 0. The lowest BCUT2D eigenvalue weighted by Gasteiger charge is -2.34. The molecule has 2 amide bonds. The molecule has 0 aliphatic heterocycles. The number of rotatable bonds is 4. The summed E-state index contributed by atoms with van der Waals surface area (Å²) in [4.78, 5) is 26.7. The third-order valence-electron chi connectivity index (χ3n) is 4.83. The maximum Gasteiger partial charge on any atom is 0.408 e. The minimum absolute atomic E-state index is 0.203. The molecule has 8 nitrogen and oxygen atoms in total. The van der Waals surface area contributed by atoms with E-state index in [0.29, 0.717) is 11.3 Å². The Labute approximate surface area is 164 Å². The number of alkyl carbamates (subject to hydrolysis) is 1. The van der Waals surface area contributed by atoms with Gasteiger partial charge in [-0.05, 0) is 59.1 Å². The lowest BCUT2D eigenvalue weighted by Crippen LogP contribution is -2.58. The number of hydrogen-bond acceptors (Lipinski definition) is 5. The molecule has 1 heterocycles. The van der Waals surface area contributed by atoms with E-state index in [1.165, 1.54) is 4.80 Å². The lowest BCUT2D eigenvalue weighted by molar-refractivity contribution is 0.0445. The van der Waals surface area contributed by atoms with Crippen molar-refractivity contribution in [1.82, 2.24) is 25.6 Å². The fourth-order valence-electron chi connectivity index (χ4n) is 3.50. The van der Waals surface area contributed by atoms with E-state index in [-0.39, 0.29) is 11.9 Å². The topological polar surface area (TPSA) is 98.1 Å². The third kappa shape index (κ3) is 4.49. The summed E-state index contributed by atoms with van der Waals surface area (Å²) in [6.45, 7) is 7.41. The molecule has 0 radical (unpaired) electrons. The number of carbonyl (C=O) groups is 2. The second-order valence-corrected chi connectivity index (χ2v) is 8.30. The number of amides is 2.